The van der Waals surface area contributed by atoms with Crippen LogP contribution in [0.4, 0.5) is 0 Å². The Morgan fingerprint density at radius 2 is 2.26 bits per heavy atom. The SMILES string of the molecule is CCNC1CCc2c(OCC)cc3c(c21)OC(C)C3. The Kier molecular flexibility index (Phi) is 3.40. The first-order valence-electron chi connectivity index (χ1n) is 7.46. The third-order valence-corrected chi connectivity index (χ3v) is 4.07. The van der Waals surface area contributed by atoms with E-state index in [4.69, 9.17) is 9.47 Å². The van der Waals surface area contributed by atoms with Gasteiger partial charge in [0.2, 0.25) is 0 Å². The highest BCUT2D eigenvalue weighted by atomic mass is 16.5. The van der Waals surface area contributed by atoms with E-state index in [9.17, 15) is 0 Å². The molecule has 0 fully saturated rings. The maximum atomic E-state index is 6.06. The van der Waals surface area contributed by atoms with E-state index in [-0.39, 0.29) is 0 Å². The molecular weight excluding hydrogens is 238 g/mol. The van der Waals surface area contributed by atoms with E-state index in [0.29, 0.717) is 12.1 Å². The molecule has 1 aliphatic heterocycles. The number of fused-ring (bicyclic) bond motifs is 3. The molecule has 3 heteroatoms. The summed E-state index contributed by atoms with van der Waals surface area (Å²) in [6.07, 6.45) is 3.53. The van der Waals surface area contributed by atoms with Gasteiger partial charge in [-0.25, -0.2) is 0 Å². The van der Waals surface area contributed by atoms with Gasteiger partial charge < -0.3 is 14.8 Å². The second-order valence-corrected chi connectivity index (χ2v) is 5.47. The first-order chi connectivity index (χ1) is 9.24. The van der Waals surface area contributed by atoms with Crippen molar-refractivity contribution in [3.63, 3.8) is 0 Å². The highest BCUT2D eigenvalue weighted by Gasteiger charge is 2.34. The van der Waals surface area contributed by atoms with Crippen molar-refractivity contribution in [3.8, 4) is 11.5 Å². The van der Waals surface area contributed by atoms with E-state index in [1.165, 1.54) is 16.7 Å². The zero-order chi connectivity index (χ0) is 13.4. The van der Waals surface area contributed by atoms with Crippen molar-refractivity contribution in [1.82, 2.24) is 5.32 Å². The molecule has 1 aromatic carbocycles. The van der Waals surface area contributed by atoms with Crippen LogP contribution in [-0.2, 0) is 12.8 Å². The van der Waals surface area contributed by atoms with Crippen LogP contribution in [0.15, 0.2) is 6.07 Å². The Morgan fingerprint density at radius 3 is 3.00 bits per heavy atom. The fourth-order valence-corrected chi connectivity index (χ4v) is 3.39. The van der Waals surface area contributed by atoms with Crippen molar-refractivity contribution in [2.75, 3.05) is 13.2 Å². The monoisotopic (exact) mass is 261 g/mol. The van der Waals surface area contributed by atoms with Crippen LogP contribution >= 0.6 is 0 Å². The summed E-state index contributed by atoms with van der Waals surface area (Å²) in [6.45, 7) is 8.08. The van der Waals surface area contributed by atoms with Crippen molar-refractivity contribution in [3.05, 3.63) is 22.8 Å². The molecule has 2 unspecified atom stereocenters. The summed E-state index contributed by atoms with van der Waals surface area (Å²) in [7, 11) is 0. The van der Waals surface area contributed by atoms with Gasteiger partial charge in [0, 0.05) is 29.2 Å². The Hall–Kier alpha value is -1.22. The summed E-state index contributed by atoms with van der Waals surface area (Å²) in [5.41, 5.74) is 4.05. The number of benzene rings is 1. The smallest absolute Gasteiger partial charge is 0.128 e. The van der Waals surface area contributed by atoms with Crippen LogP contribution in [0, 0.1) is 0 Å². The van der Waals surface area contributed by atoms with E-state index in [2.05, 4.69) is 32.2 Å². The third kappa shape index (κ3) is 2.10. The van der Waals surface area contributed by atoms with Gasteiger partial charge >= 0.3 is 0 Å². The minimum atomic E-state index is 0.291. The first-order valence-corrected chi connectivity index (χ1v) is 7.46. The molecule has 0 amide bonds. The predicted octanol–water partition coefficient (Wildman–Crippen LogP) is 3.01. The van der Waals surface area contributed by atoms with Gasteiger partial charge in [-0.1, -0.05) is 6.92 Å². The minimum absolute atomic E-state index is 0.291. The van der Waals surface area contributed by atoms with E-state index in [1.54, 1.807) is 0 Å². The molecule has 2 atom stereocenters. The molecule has 2 aliphatic rings. The van der Waals surface area contributed by atoms with Crippen molar-refractivity contribution in [1.29, 1.82) is 0 Å². The quantitative estimate of drug-likeness (QED) is 0.903. The van der Waals surface area contributed by atoms with Crippen molar-refractivity contribution < 1.29 is 9.47 Å². The van der Waals surface area contributed by atoms with Gasteiger partial charge in [0.05, 0.1) is 6.61 Å². The summed E-state index contributed by atoms with van der Waals surface area (Å²) >= 11 is 0. The van der Waals surface area contributed by atoms with Crippen LogP contribution in [0.5, 0.6) is 11.5 Å². The lowest BCUT2D eigenvalue weighted by atomic mass is 10.00. The fraction of sp³-hybridized carbons (Fsp3) is 0.625. The molecule has 0 aromatic heterocycles. The van der Waals surface area contributed by atoms with Gasteiger partial charge in [-0.3, -0.25) is 0 Å². The summed E-state index contributed by atoms with van der Waals surface area (Å²) < 4.78 is 11.9. The third-order valence-electron chi connectivity index (χ3n) is 4.07. The van der Waals surface area contributed by atoms with Crippen LogP contribution in [-0.4, -0.2) is 19.3 Å². The Bertz CT molecular complexity index is 484. The van der Waals surface area contributed by atoms with Crippen LogP contribution in [0.1, 0.15) is 49.9 Å². The van der Waals surface area contributed by atoms with Crippen LogP contribution in [0.3, 0.4) is 0 Å². The number of nitrogens with one attached hydrogen (secondary N) is 1. The molecule has 0 bridgehead atoms. The van der Waals surface area contributed by atoms with Crippen LogP contribution in [0.25, 0.3) is 0 Å². The molecule has 0 saturated carbocycles. The average molecular weight is 261 g/mol. The fourth-order valence-electron chi connectivity index (χ4n) is 3.39. The first kappa shape index (κ1) is 12.8. The van der Waals surface area contributed by atoms with E-state index in [0.717, 1.165) is 43.9 Å². The van der Waals surface area contributed by atoms with Gasteiger partial charge in [0.25, 0.3) is 0 Å². The molecule has 1 aromatic rings. The minimum Gasteiger partial charge on any atom is -0.494 e. The van der Waals surface area contributed by atoms with E-state index >= 15 is 0 Å². The zero-order valence-corrected chi connectivity index (χ0v) is 12.1. The second kappa shape index (κ2) is 5.04. The van der Waals surface area contributed by atoms with Crippen molar-refractivity contribution in [2.24, 2.45) is 0 Å². The molecule has 0 saturated heterocycles. The number of hydrogen-bond donors (Lipinski definition) is 1. The maximum Gasteiger partial charge on any atom is 0.128 e. The van der Waals surface area contributed by atoms with Crippen molar-refractivity contribution >= 4 is 0 Å². The molecule has 1 N–H and O–H groups in total. The van der Waals surface area contributed by atoms with Gasteiger partial charge in [-0.05, 0) is 39.3 Å². The van der Waals surface area contributed by atoms with Crippen LogP contribution < -0.4 is 14.8 Å². The molecule has 3 rings (SSSR count). The summed E-state index contributed by atoms with van der Waals surface area (Å²) in [5, 5.41) is 3.58. The second-order valence-electron chi connectivity index (χ2n) is 5.47. The normalized spacial score (nSPS) is 23.9. The number of hydrogen-bond acceptors (Lipinski definition) is 3. The van der Waals surface area contributed by atoms with Gasteiger partial charge in [-0.2, -0.15) is 0 Å². The highest BCUT2D eigenvalue weighted by Crippen LogP contribution is 2.47. The standard InChI is InChI=1S/C16H23NO2/c1-4-17-13-7-6-12-14(18-5-2)9-11-8-10(3)19-16(11)15(12)13/h9-10,13,17H,4-8H2,1-3H3. The summed E-state index contributed by atoms with van der Waals surface area (Å²) in [6, 6.07) is 2.63. The van der Waals surface area contributed by atoms with Gasteiger partial charge in [0.15, 0.2) is 0 Å². The van der Waals surface area contributed by atoms with Gasteiger partial charge in [-0.15, -0.1) is 0 Å². The molecule has 104 valence electrons. The molecule has 19 heavy (non-hydrogen) atoms. The molecule has 1 aliphatic carbocycles. The van der Waals surface area contributed by atoms with Gasteiger partial charge in [0.1, 0.15) is 17.6 Å². The topological polar surface area (TPSA) is 30.5 Å². The number of rotatable bonds is 4. The summed E-state index contributed by atoms with van der Waals surface area (Å²) in [4.78, 5) is 0. The maximum absolute atomic E-state index is 6.06. The molecule has 3 nitrogen and oxygen atoms in total. The average Bonchev–Trinajstić information content (AvgIpc) is 2.93. The molecular formula is C16H23NO2. The predicted molar refractivity (Wildman–Crippen MR) is 76.1 cm³/mol. The largest absolute Gasteiger partial charge is 0.494 e. The lowest BCUT2D eigenvalue weighted by Crippen LogP contribution is -2.19. The molecule has 0 spiro atoms. The summed E-state index contributed by atoms with van der Waals surface area (Å²) in [5.74, 6) is 2.21. The Balaban J connectivity index is 2.08. The van der Waals surface area contributed by atoms with Crippen molar-refractivity contribution in [2.45, 2.75) is 52.2 Å². The lowest BCUT2D eigenvalue weighted by molar-refractivity contribution is 0.251. The molecule has 1 heterocycles. The lowest BCUT2D eigenvalue weighted by Gasteiger charge is -2.18. The Morgan fingerprint density at radius 1 is 1.42 bits per heavy atom. The highest BCUT2D eigenvalue weighted by molar-refractivity contribution is 5.58. The molecule has 0 radical (unpaired) electrons. The Labute approximate surface area is 115 Å². The number of ether oxygens (including phenoxy) is 2. The zero-order valence-electron chi connectivity index (χ0n) is 12.1. The van der Waals surface area contributed by atoms with E-state index < -0.39 is 0 Å². The van der Waals surface area contributed by atoms with E-state index in [1.807, 2.05) is 0 Å². The van der Waals surface area contributed by atoms with Crippen LogP contribution in [0.2, 0.25) is 0 Å².